The van der Waals surface area contributed by atoms with E-state index in [1.54, 1.807) is 0 Å². The van der Waals surface area contributed by atoms with Crippen molar-refractivity contribution >= 4 is 0 Å². The van der Waals surface area contributed by atoms with Gasteiger partial charge in [0, 0.05) is 0 Å². The van der Waals surface area contributed by atoms with Gasteiger partial charge in [0.1, 0.15) is 0 Å². The van der Waals surface area contributed by atoms with Gasteiger partial charge >= 0.3 is 0 Å². The Hall–Kier alpha value is -1.04. The Morgan fingerprint density at radius 1 is 0.929 bits per heavy atom. The second kappa shape index (κ2) is 7.37. The van der Waals surface area contributed by atoms with E-state index in [1.807, 2.05) is 18.2 Å². The number of hydrogen-bond acceptors (Lipinski definition) is 0. The summed E-state index contributed by atoms with van der Waals surface area (Å²) in [6, 6.07) is 0. The summed E-state index contributed by atoms with van der Waals surface area (Å²) in [5.74, 6) is 0. The lowest BCUT2D eigenvalue weighted by Crippen LogP contribution is -1.83. The molecule has 0 aliphatic heterocycles. The molecule has 78 valence electrons. The van der Waals surface area contributed by atoms with Gasteiger partial charge < -0.3 is 0 Å². The molecule has 0 spiro atoms. The summed E-state index contributed by atoms with van der Waals surface area (Å²) in [7, 11) is 0. The Morgan fingerprint density at radius 2 is 1.57 bits per heavy atom. The Balaban J connectivity index is 0.00000169. The van der Waals surface area contributed by atoms with E-state index in [9.17, 15) is 0 Å². The minimum absolute atomic E-state index is 0. The molecule has 0 fully saturated rings. The lowest BCUT2D eigenvalue weighted by molar-refractivity contribution is 0.710. The summed E-state index contributed by atoms with van der Waals surface area (Å²) in [6.07, 6.45) is 14.4. The van der Waals surface area contributed by atoms with E-state index in [4.69, 9.17) is 0 Å². The van der Waals surface area contributed by atoms with Crippen molar-refractivity contribution in [2.24, 2.45) is 0 Å². The maximum absolute atomic E-state index is 3.87. The zero-order valence-electron chi connectivity index (χ0n) is 8.26. The molecule has 0 aromatic heterocycles. The molecule has 0 aromatic rings. The van der Waals surface area contributed by atoms with Crippen LogP contribution in [-0.2, 0) is 0 Å². The number of rotatable bonds is 3. The van der Waals surface area contributed by atoms with E-state index in [0.29, 0.717) is 0 Å². The molecule has 0 radical (unpaired) electrons. The summed E-state index contributed by atoms with van der Waals surface area (Å²) in [5, 5.41) is 0. The third-order valence-corrected chi connectivity index (χ3v) is 2.48. The van der Waals surface area contributed by atoms with Gasteiger partial charge in [-0.25, -0.2) is 0 Å². The predicted octanol–water partition coefficient (Wildman–Crippen LogP) is 4.81. The van der Waals surface area contributed by atoms with Crippen molar-refractivity contribution in [3.63, 3.8) is 0 Å². The van der Waals surface area contributed by atoms with Crippen LogP contribution in [0.3, 0.4) is 0 Å². The molecule has 14 heavy (non-hydrogen) atoms. The largest absolute Gasteiger partial charge is 0.0991 e. The molecule has 0 nitrogen and oxygen atoms in total. The van der Waals surface area contributed by atoms with Gasteiger partial charge in [-0.2, -0.15) is 0 Å². The predicted molar refractivity (Wildman–Crippen MR) is 66.4 cm³/mol. The summed E-state index contributed by atoms with van der Waals surface area (Å²) in [5.41, 5.74) is 2.88. The topological polar surface area (TPSA) is 0 Å². The third kappa shape index (κ3) is 3.78. The fourth-order valence-corrected chi connectivity index (χ4v) is 1.74. The highest BCUT2D eigenvalue weighted by molar-refractivity contribution is 5.34. The van der Waals surface area contributed by atoms with E-state index < -0.39 is 0 Å². The molecule has 0 saturated heterocycles. The first-order valence-electron chi connectivity index (χ1n) is 5.02. The number of allylic oxidation sites excluding steroid dienone is 6. The maximum Gasteiger partial charge on any atom is -0.0276 e. The van der Waals surface area contributed by atoms with Crippen molar-refractivity contribution < 1.29 is 0 Å². The molecule has 0 aromatic carbocycles. The van der Waals surface area contributed by atoms with Crippen molar-refractivity contribution in [3.05, 3.63) is 48.6 Å². The van der Waals surface area contributed by atoms with Crippen LogP contribution in [0.2, 0.25) is 0 Å². The second-order valence-electron chi connectivity index (χ2n) is 3.41. The van der Waals surface area contributed by atoms with Crippen LogP contribution in [0.5, 0.6) is 0 Å². The Kier molecular flexibility index (Phi) is 6.82. The smallest absolute Gasteiger partial charge is 0.0276 e. The zero-order chi connectivity index (χ0) is 9.52. The van der Waals surface area contributed by atoms with Crippen LogP contribution in [0.1, 0.15) is 39.5 Å². The molecular weight excluding hydrogens is 168 g/mol. The van der Waals surface area contributed by atoms with Crippen molar-refractivity contribution in [1.29, 1.82) is 0 Å². The highest BCUT2D eigenvalue weighted by atomic mass is 14.1. The Labute approximate surface area is 88.7 Å². The van der Waals surface area contributed by atoms with Crippen molar-refractivity contribution in [3.8, 4) is 0 Å². The summed E-state index contributed by atoms with van der Waals surface area (Å²) < 4.78 is 0. The molecule has 0 heteroatoms. The van der Waals surface area contributed by atoms with Gasteiger partial charge in [0.15, 0.2) is 0 Å². The maximum atomic E-state index is 3.87. The van der Waals surface area contributed by atoms with Crippen LogP contribution in [0.25, 0.3) is 0 Å². The first-order chi connectivity index (χ1) is 6.38. The highest BCUT2D eigenvalue weighted by Gasteiger charge is 2.05. The van der Waals surface area contributed by atoms with E-state index >= 15 is 0 Å². The lowest BCUT2D eigenvalue weighted by Gasteiger charge is -2.03. The van der Waals surface area contributed by atoms with Crippen molar-refractivity contribution in [1.82, 2.24) is 0 Å². The fourth-order valence-electron chi connectivity index (χ4n) is 1.74. The fraction of sp³-hybridized carbons (Fsp3) is 0.429. The first-order valence-corrected chi connectivity index (χ1v) is 5.02. The number of hydrogen-bond donors (Lipinski definition) is 0. The van der Waals surface area contributed by atoms with Crippen LogP contribution >= 0.6 is 0 Å². The summed E-state index contributed by atoms with van der Waals surface area (Å²) >= 11 is 0. The van der Waals surface area contributed by atoms with E-state index in [0.717, 1.165) is 0 Å². The van der Waals surface area contributed by atoms with Crippen molar-refractivity contribution in [2.45, 2.75) is 39.5 Å². The lowest BCUT2D eigenvalue weighted by atomic mass is 10.0. The molecule has 1 aliphatic rings. The monoisotopic (exact) mass is 190 g/mol. The molecule has 0 heterocycles. The van der Waals surface area contributed by atoms with Gasteiger partial charge in [-0.3, -0.25) is 0 Å². The van der Waals surface area contributed by atoms with E-state index in [2.05, 4.69) is 19.2 Å². The minimum Gasteiger partial charge on any atom is -0.0991 e. The van der Waals surface area contributed by atoms with Crippen LogP contribution in [0, 0.1) is 0 Å². The average Bonchev–Trinajstić information content (AvgIpc) is 2.39. The minimum atomic E-state index is 0. The molecule has 0 atom stereocenters. The van der Waals surface area contributed by atoms with Gasteiger partial charge in [0.25, 0.3) is 0 Å². The first kappa shape index (κ1) is 13.0. The van der Waals surface area contributed by atoms with E-state index in [-0.39, 0.29) is 7.43 Å². The van der Waals surface area contributed by atoms with Gasteiger partial charge in [0.2, 0.25) is 0 Å². The van der Waals surface area contributed by atoms with Crippen LogP contribution in [-0.4, -0.2) is 0 Å². The van der Waals surface area contributed by atoms with Gasteiger partial charge in [0.05, 0.1) is 0 Å². The Morgan fingerprint density at radius 3 is 2.14 bits per heavy atom. The third-order valence-electron chi connectivity index (χ3n) is 2.48. The molecule has 1 rings (SSSR count). The standard InChI is InChI=1S/C13H18.CH4/c1-3-5-9-13-11-8-6-7-10-12(13)4-2;/h3-5,9H,1-2,6-8,10-11H2;1H4/b9-5-;. The zero-order valence-corrected chi connectivity index (χ0v) is 8.26. The second-order valence-corrected chi connectivity index (χ2v) is 3.41. The van der Waals surface area contributed by atoms with Crippen LogP contribution < -0.4 is 0 Å². The van der Waals surface area contributed by atoms with Crippen LogP contribution in [0.15, 0.2) is 48.6 Å². The van der Waals surface area contributed by atoms with E-state index in [1.165, 1.54) is 43.3 Å². The summed E-state index contributed by atoms with van der Waals surface area (Å²) in [4.78, 5) is 0. The quantitative estimate of drug-likeness (QED) is 0.560. The average molecular weight is 190 g/mol. The molecule has 0 unspecified atom stereocenters. The van der Waals surface area contributed by atoms with Crippen molar-refractivity contribution in [2.75, 3.05) is 0 Å². The molecule has 0 bridgehead atoms. The SMILES string of the molecule is C.C=C/C=C\C1=C(C=C)CCCCC1. The molecule has 0 amide bonds. The molecule has 0 N–H and O–H groups in total. The van der Waals surface area contributed by atoms with Gasteiger partial charge in [-0.1, -0.05) is 51.3 Å². The Bertz CT molecular complexity index is 241. The molecular formula is C14H22. The normalized spacial score (nSPS) is 17.4. The summed E-state index contributed by atoms with van der Waals surface area (Å²) in [6.45, 7) is 7.55. The van der Waals surface area contributed by atoms with Gasteiger partial charge in [-0.05, 0) is 36.8 Å². The molecule has 1 aliphatic carbocycles. The van der Waals surface area contributed by atoms with Gasteiger partial charge in [-0.15, -0.1) is 0 Å². The van der Waals surface area contributed by atoms with Crippen LogP contribution in [0.4, 0.5) is 0 Å². The molecule has 0 saturated carbocycles. The highest BCUT2D eigenvalue weighted by Crippen LogP contribution is 2.25.